The molecule has 1 unspecified atom stereocenters. The summed E-state index contributed by atoms with van der Waals surface area (Å²) in [5.74, 6) is 0. The summed E-state index contributed by atoms with van der Waals surface area (Å²) < 4.78 is 5.44. The van der Waals surface area contributed by atoms with Crippen molar-refractivity contribution in [3.8, 4) is 0 Å². The minimum atomic E-state index is 0.252. The Morgan fingerprint density at radius 1 is 1.44 bits per heavy atom. The monoisotopic (exact) mass is 253 g/mol. The SMILES string of the molecule is CC(NCCN1CCCOCC1)c1cnn(C)n1. The second kappa shape index (κ2) is 6.82. The molecule has 2 heterocycles. The highest BCUT2D eigenvalue weighted by Gasteiger charge is 2.11. The summed E-state index contributed by atoms with van der Waals surface area (Å²) in [7, 11) is 1.84. The van der Waals surface area contributed by atoms with Crippen LogP contribution in [0.5, 0.6) is 0 Å². The van der Waals surface area contributed by atoms with Crippen LogP contribution in [0.25, 0.3) is 0 Å². The summed E-state index contributed by atoms with van der Waals surface area (Å²) in [4.78, 5) is 4.04. The van der Waals surface area contributed by atoms with Gasteiger partial charge in [-0.05, 0) is 13.3 Å². The summed E-state index contributed by atoms with van der Waals surface area (Å²) in [5.41, 5.74) is 0.997. The summed E-state index contributed by atoms with van der Waals surface area (Å²) >= 11 is 0. The Hall–Kier alpha value is -0.980. The molecule has 1 aromatic heterocycles. The van der Waals surface area contributed by atoms with Gasteiger partial charge in [0.2, 0.25) is 0 Å². The van der Waals surface area contributed by atoms with Gasteiger partial charge < -0.3 is 10.1 Å². The molecule has 0 radical (unpaired) electrons. The van der Waals surface area contributed by atoms with Gasteiger partial charge in [0.15, 0.2) is 0 Å². The zero-order chi connectivity index (χ0) is 12.8. The third-order valence-electron chi connectivity index (χ3n) is 3.25. The number of hydrogen-bond donors (Lipinski definition) is 1. The fourth-order valence-corrected chi connectivity index (χ4v) is 2.12. The average molecular weight is 253 g/mol. The molecule has 0 bridgehead atoms. The second-order valence-corrected chi connectivity index (χ2v) is 4.74. The largest absolute Gasteiger partial charge is 0.380 e. The fourth-order valence-electron chi connectivity index (χ4n) is 2.12. The van der Waals surface area contributed by atoms with Gasteiger partial charge in [-0.15, -0.1) is 0 Å². The maximum atomic E-state index is 5.44. The molecular formula is C12H23N5O. The van der Waals surface area contributed by atoms with Gasteiger partial charge in [0.25, 0.3) is 0 Å². The van der Waals surface area contributed by atoms with E-state index in [9.17, 15) is 0 Å². The molecule has 102 valence electrons. The van der Waals surface area contributed by atoms with Crippen molar-refractivity contribution in [3.05, 3.63) is 11.9 Å². The van der Waals surface area contributed by atoms with E-state index in [4.69, 9.17) is 4.74 Å². The van der Waals surface area contributed by atoms with Gasteiger partial charge in [-0.25, -0.2) is 0 Å². The Balaban J connectivity index is 1.68. The highest BCUT2D eigenvalue weighted by atomic mass is 16.5. The number of rotatable bonds is 5. The van der Waals surface area contributed by atoms with E-state index in [1.54, 1.807) is 4.80 Å². The predicted molar refractivity (Wildman–Crippen MR) is 69.3 cm³/mol. The lowest BCUT2D eigenvalue weighted by Gasteiger charge is -2.20. The quantitative estimate of drug-likeness (QED) is 0.812. The number of hydrogen-bond acceptors (Lipinski definition) is 5. The van der Waals surface area contributed by atoms with Crippen LogP contribution in [0.15, 0.2) is 6.20 Å². The maximum Gasteiger partial charge on any atom is 0.0993 e. The third-order valence-corrected chi connectivity index (χ3v) is 3.25. The number of aromatic nitrogens is 3. The highest BCUT2D eigenvalue weighted by molar-refractivity contribution is 4.97. The van der Waals surface area contributed by atoms with Crippen LogP contribution in [0.2, 0.25) is 0 Å². The normalized spacial score (nSPS) is 19.7. The molecule has 1 aromatic rings. The Labute approximate surface area is 108 Å². The zero-order valence-corrected chi connectivity index (χ0v) is 11.3. The van der Waals surface area contributed by atoms with Crippen LogP contribution in [0.1, 0.15) is 25.1 Å². The molecule has 1 atom stereocenters. The van der Waals surface area contributed by atoms with Gasteiger partial charge in [0, 0.05) is 39.8 Å². The zero-order valence-electron chi connectivity index (χ0n) is 11.3. The third kappa shape index (κ3) is 4.04. The summed E-state index contributed by atoms with van der Waals surface area (Å²) in [5, 5.41) is 11.9. The molecule has 1 fully saturated rings. The van der Waals surface area contributed by atoms with Crippen molar-refractivity contribution in [2.24, 2.45) is 7.05 Å². The molecule has 0 amide bonds. The Bertz CT molecular complexity index is 346. The van der Waals surface area contributed by atoms with Gasteiger partial charge >= 0.3 is 0 Å². The molecule has 6 nitrogen and oxygen atoms in total. The minimum Gasteiger partial charge on any atom is -0.380 e. The molecule has 1 saturated heterocycles. The molecule has 1 aliphatic rings. The van der Waals surface area contributed by atoms with Crippen molar-refractivity contribution in [1.82, 2.24) is 25.2 Å². The Kier molecular flexibility index (Phi) is 5.10. The van der Waals surface area contributed by atoms with Crippen LogP contribution in [-0.4, -0.2) is 59.3 Å². The topological polar surface area (TPSA) is 55.2 Å². The van der Waals surface area contributed by atoms with E-state index in [0.717, 1.165) is 51.5 Å². The molecule has 0 aromatic carbocycles. The van der Waals surface area contributed by atoms with Crippen LogP contribution < -0.4 is 5.32 Å². The number of aryl methyl sites for hydroxylation is 1. The van der Waals surface area contributed by atoms with E-state index in [-0.39, 0.29) is 6.04 Å². The van der Waals surface area contributed by atoms with Crippen molar-refractivity contribution < 1.29 is 4.74 Å². The molecular weight excluding hydrogens is 230 g/mol. The van der Waals surface area contributed by atoms with Crippen molar-refractivity contribution in [1.29, 1.82) is 0 Å². The van der Waals surface area contributed by atoms with Gasteiger partial charge in [-0.1, -0.05) is 0 Å². The van der Waals surface area contributed by atoms with Gasteiger partial charge in [0.1, 0.15) is 0 Å². The van der Waals surface area contributed by atoms with Gasteiger partial charge in [-0.3, -0.25) is 4.90 Å². The maximum absolute atomic E-state index is 5.44. The molecule has 18 heavy (non-hydrogen) atoms. The Morgan fingerprint density at radius 3 is 3.11 bits per heavy atom. The van der Waals surface area contributed by atoms with Gasteiger partial charge in [-0.2, -0.15) is 15.0 Å². The smallest absolute Gasteiger partial charge is 0.0993 e. The summed E-state index contributed by atoms with van der Waals surface area (Å²) in [6.07, 6.45) is 2.96. The van der Waals surface area contributed by atoms with Crippen molar-refractivity contribution in [2.45, 2.75) is 19.4 Å². The van der Waals surface area contributed by atoms with E-state index in [1.165, 1.54) is 0 Å². The molecule has 1 N–H and O–H groups in total. The lowest BCUT2D eigenvalue weighted by molar-refractivity contribution is 0.141. The van der Waals surface area contributed by atoms with E-state index in [2.05, 4.69) is 27.3 Å². The second-order valence-electron chi connectivity index (χ2n) is 4.74. The first-order valence-electron chi connectivity index (χ1n) is 6.65. The minimum absolute atomic E-state index is 0.252. The fraction of sp³-hybridized carbons (Fsp3) is 0.833. The Morgan fingerprint density at radius 2 is 2.33 bits per heavy atom. The number of nitrogens with one attached hydrogen (secondary N) is 1. The molecule has 6 heteroatoms. The predicted octanol–water partition coefficient (Wildman–Crippen LogP) is 0.188. The van der Waals surface area contributed by atoms with Crippen LogP contribution in [0.3, 0.4) is 0 Å². The standard InChI is InChI=1S/C12H23N5O/c1-11(12-10-14-16(2)15-12)13-4-6-17-5-3-8-18-9-7-17/h10-11,13H,3-9H2,1-2H3. The van der Waals surface area contributed by atoms with Crippen LogP contribution in [0, 0.1) is 0 Å². The first-order valence-corrected chi connectivity index (χ1v) is 6.65. The van der Waals surface area contributed by atoms with E-state index in [1.807, 2.05) is 13.2 Å². The van der Waals surface area contributed by atoms with Crippen LogP contribution >= 0.6 is 0 Å². The van der Waals surface area contributed by atoms with E-state index < -0.39 is 0 Å². The molecule has 0 saturated carbocycles. The number of ether oxygens (including phenoxy) is 1. The van der Waals surface area contributed by atoms with Crippen LogP contribution in [0.4, 0.5) is 0 Å². The van der Waals surface area contributed by atoms with Crippen molar-refractivity contribution in [2.75, 3.05) is 39.4 Å². The average Bonchev–Trinajstić information content (AvgIpc) is 2.63. The molecule has 0 aliphatic carbocycles. The lowest BCUT2D eigenvalue weighted by atomic mass is 10.2. The van der Waals surface area contributed by atoms with Crippen molar-refractivity contribution >= 4 is 0 Å². The summed E-state index contributed by atoms with van der Waals surface area (Å²) in [6.45, 7) is 8.10. The van der Waals surface area contributed by atoms with Gasteiger partial charge in [0.05, 0.1) is 24.5 Å². The molecule has 2 rings (SSSR count). The first-order chi connectivity index (χ1) is 8.75. The highest BCUT2D eigenvalue weighted by Crippen LogP contribution is 2.06. The first kappa shape index (κ1) is 13.5. The lowest BCUT2D eigenvalue weighted by Crippen LogP contribution is -2.34. The van der Waals surface area contributed by atoms with Crippen LogP contribution in [-0.2, 0) is 11.8 Å². The van der Waals surface area contributed by atoms with E-state index >= 15 is 0 Å². The molecule has 1 aliphatic heterocycles. The van der Waals surface area contributed by atoms with Crippen molar-refractivity contribution in [3.63, 3.8) is 0 Å². The number of nitrogens with zero attached hydrogens (tertiary/aromatic N) is 4. The summed E-state index contributed by atoms with van der Waals surface area (Å²) in [6, 6.07) is 0.252. The molecule has 0 spiro atoms. The van der Waals surface area contributed by atoms with E-state index in [0.29, 0.717) is 0 Å².